The minimum absolute atomic E-state index is 0.237. The van der Waals surface area contributed by atoms with Gasteiger partial charge in [0.2, 0.25) is 0 Å². The summed E-state index contributed by atoms with van der Waals surface area (Å²) in [7, 11) is 1.90. The monoisotopic (exact) mass is 183 g/mol. The molecule has 0 aromatic carbocycles. The molecule has 0 radical (unpaired) electrons. The third-order valence-corrected chi connectivity index (χ3v) is 1.92. The van der Waals surface area contributed by atoms with Crippen LogP contribution in [0, 0.1) is 0 Å². The zero-order chi connectivity index (χ0) is 9.84. The van der Waals surface area contributed by atoms with Crippen molar-refractivity contribution in [1.29, 1.82) is 0 Å². The van der Waals surface area contributed by atoms with Crippen LogP contribution in [-0.4, -0.2) is 15.9 Å². The van der Waals surface area contributed by atoms with E-state index < -0.39 is 0 Å². The first-order valence-electron chi connectivity index (χ1n) is 4.46. The third kappa shape index (κ3) is 2.54. The number of hydrogen-bond donors (Lipinski definition) is 1. The van der Waals surface area contributed by atoms with Crippen LogP contribution < -0.4 is 5.73 Å². The van der Waals surface area contributed by atoms with E-state index in [-0.39, 0.29) is 6.10 Å². The van der Waals surface area contributed by atoms with Crippen molar-refractivity contribution in [2.45, 2.75) is 33.1 Å². The third-order valence-electron chi connectivity index (χ3n) is 1.92. The van der Waals surface area contributed by atoms with Crippen LogP contribution >= 0.6 is 0 Å². The summed E-state index contributed by atoms with van der Waals surface area (Å²) in [6.07, 6.45) is 2.03. The van der Waals surface area contributed by atoms with Crippen molar-refractivity contribution in [1.82, 2.24) is 9.78 Å². The predicted octanol–water partition coefficient (Wildman–Crippen LogP) is 0.804. The van der Waals surface area contributed by atoms with Crippen molar-refractivity contribution in [3.05, 3.63) is 17.5 Å². The molecule has 1 heterocycles. The largest absolute Gasteiger partial charge is 0.373 e. The molecule has 4 heteroatoms. The van der Waals surface area contributed by atoms with E-state index in [9.17, 15) is 0 Å². The van der Waals surface area contributed by atoms with Crippen molar-refractivity contribution in [2.75, 3.05) is 0 Å². The molecule has 0 aliphatic rings. The van der Waals surface area contributed by atoms with Crippen LogP contribution in [0.2, 0.25) is 0 Å². The van der Waals surface area contributed by atoms with Gasteiger partial charge in [-0.15, -0.1) is 0 Å². The van der Waals surface area contributed by atoms with E-state index in [0.717, 1.165) is 11.3 Å². The van der Waals surface area contributed by atoms with Gasteiger partial charge in [0.05, 0.1) is 24.6 Å². The Morgan fingerprint density at radius 1 is 1.62 bits per heavy atom. The van der Waals surface area contributed by atoms with Crippen LogP contribution in [0.15, 0.2) is 6.20 Å². The van der Waals surface area contributed by atoms with E-state index in [2.05, 4.69) is 5.10 Å². The zero-order valence-electron chi connectivity index (χ0n) is 8.45. The summed E-state index contributed by atoms with van der Waals surface area (Å²) >= 11 is 0. The standard InChI is InChI=1S/C9H17N3O/c1-7(2)13-6-9-8(4-10)5-11-12(9)3/h5,7H,4,6,10H2,1-3H3. The van der Waals surface area contributed by atoms with Crippen LogP contribution in [-0.2, 0) is 24.9 Å². The molecule has 0 aliphatic heterocycles. The van der Waals surface area contributed by atoms with Gasteiger partial charge in [0.1, 0.15) is 0 Å². The van der Waals surface area contributed by atoms with Gasteiger partial charge in [-0.3, -0.25) is 4.68 Å². The summed E-state index contributed by atoms with van der Waals surface area (Å²) in [5, 5.41) is 4.12. The van der Waals surface area contributed by atoms with Gasteiger partial charge in [0.15, 0.2) is 0 Å². The van der Waals surface area contributed by atoms with Crippen LogP contribution in [0.3, 0.4) is 0 Å². The highest BCUT2D eigenvalue weighted by atomic mass is 16.5. The highest BCUT2D eigenvalue weighted by molar-refractivity contribution is 5.16. The van der Waals surface area contributed by atoms with Crippen LogP contribution in [0.25, 0.3) is 0 Å². The molecule has 0 bridgehead atoms. The molecule has 4 nitrogen and oxygen atoms in total. The molecule has 1 rings (SSSR count). The Balaban J connectivity index is 2.68. The SMILES string of the molecule is CC(C)OCc1c(CN)cnn1C. The van der Waals surface area contributed by atoms with E-state index >= 15 is 0 Å². The molecule has 0 amide bonds. The summed E-state index contributed by atoms with van der Waals surface area (Å²) in [6, 6.07) is 0. The smallest absolute Gasteiger partial charge is 0.0891 e. The number of ether oxygens (including phenoxy) is 1. The van der Waals surface area contributed by atoms with E-state index in [0.29, 0.717) is 13.2 Å². The Hall–Kier alpha value is -0.870. The molecule has 13 heavy (non-hydrogen) atoms. The van der Waals surface area contributed by atoms with Gasteiger partial charge in [-0.25, -0.2) is 0 Å². The second kappa shape index (κ2) is 4.39. The Kier molecular flexibility index (Phi) is 3.45. The summed E-state index contributed by atoms with van der Waals surface area (Å²) in [5.41, 5.74) is 7.69. The molecule has 2 N–H and O–H groups in total. The van der Waals surface area contributed by atoms with Gasteiger partial charge in [-0.2, -0.15) is 5.10 Å². The number of aryl methyl sites for hydroxylation is 1. The van der Waals surface area contributed by atoms with Crippen molar-refractivity contribution < 1.29 is 4.74 Å². The minimum Gasteiger partial charge on any atom is -0.373 e. The molecule has 0 spiro atoms. The van der Waals surface area contributed by atoms with E-state index in [1.807, 2.05) is 25.6 Å². The van der Waals surface area contributed by atoms with E-state index in [4.69, 9.17) is 10.5 Å². The summed E-state index contributed by atoms with van der Waals surface area (Å²) in [5.74, 6) is 0. The molecule has 0 atom stereocenters. The molecule has 1 aromatic rings. The number of hydrogen-bond acceptors (Lipinski definition) is 3. The zero-order valence-corrected chi connectivity index (χ0v) is 8.45. The summed E-state index contributed by atoms with van der Waals surface area (Å²) in [6.45, 7) is 5.13. The van der Waals surface area contributed by atoms with Crippen molar-refractivity contribution in [2.24, 2.45) is 12.8 Å². The van der Waals surface area contributed by atoms with Crippen molar-refractivity contribution in [3.63, 3.8) is 0 Å². The van der Waals surface area contributed by atoms with Gasteiger partial charge < -0.3 is 10.5 Å². The first-order chi connectivity index (χ1) is 6.15. The lowest BCUT2D eigenvalue weighted by molar-refractivity contribution is 0.0612. The number of nitrogens with zero attached hydrogens (tertiary/aromatic N) is 2. The summed E-state index contributed by atoms with van der Waals surface area (Å²) in [4.78, 5) is 0. The van der Waals surface area contributed by atoms with Crippen molar-refractivity contribution >= 4 is 0 Å². The number of rotatable bonds is 4. The van der Waals surface area contributed by atoms with E-state index in [1.165, 1.54) is 0 Å². The number of aromatic nitrogens is 2. The fourth-order valence-corrected chi connectivity index (χ4v) is 1.11. The minimum atomic E-state index is 0.237. The maximum atomic E-state index is 5.56. The molecule has 0 aliphatic carbocycles. The van der Waals surface area contributed by atoms with Gasteiger partial charge >= 0.3 is 0 Å². The van der Waals surface area contributed by atoms with Gasteiger partial charge in [0.25, 0.3) is 0 Å². The molecular formula is C9H17N3O. The quantitative estimate of drug-likeness (QED) is 0.751. The lowest BCUT2D eigenvalue weighted by Crippen LogP contribution is -2.09. The highest BCUT2D eigenvalue weighted by Gasteiger charge is 2.07. The average Bonchev–Trinajstić information content (AvgIpc) is 2.43. The molecule has 0 saturated heterocycles. The van der Waals surface area contributed by atoms with E-state index in [1.54, 1.807) is 6.20 Å². The van der Waals surface area contributed by atoms with Gasteiger partial charge in [-0.05, 0) is 13.8 Å². The Morgan fingerprint density at radius 2 is 2.31 bits per heavy atom. The van der Waals surface area contributed by atoms with Gasteiger partial charge in [-0.1, -0.05) is 0 Å². The maximum absolute atomic E-state index is 5.56. The van der Waals surface area contributed by atoms with Crippen LogP contribution in [0.5, 0.6) is 0 Å². The topological polar surface area (TPSA) is 53.1 Å². The lowest BCUT2D eigenvalue weighted by Gasteiger charge is -2.08. The van der Waals surface area contributed by atoms with Crippen LogP contribution in [0.1, 0.15) is 25.1 Å². The first-order valence-corrected chi connectivity index (χ1v) is 4.46. The second-order valence-electron chi connectivity index (χ2n) is 3.30. The molecule has 0 fully saturated rings. The normalized spacial score (nSPS) is 11.2. The number of nitrogens with two attached hydrogens (primary N) is 1. The molecule has 0 unspecified atom stereocenters. The van der Waals surface area contributed by atoms with Crippen LogP contribution in [0.4, 0.5) is 0 Å². The molecule has 74 valence electrons. The molecule has 1 aromatic heterocycles. The molecular weight excluding hydrogens is 166 g/mol. The van der Waals surface area contributed by atoms with Crippen molar-refractivity contribution in [3.8, 4) is 0 Å². The second-order valence-corrected chi connectivity index (χ2v) is 3.30. The maximum Gasteiger partial charge on any atom is 0.0891 e. The Bertz CT molecular complexity index is 268. The Morgan fingerprint density at radius 3 is 2.85 bits per heavy atom. The highest BCUT2D eigenvalue weighted by Crippen LogP contribution is 2.08. The lowest BCUT2D eigenvalue weighted by atomic mass is 10.2. The first kappa shape index (κ1) is 10.2. The van der Waals surface area contributed by atoms with Gasteiger partial charge in [0, 0.05) is 19.2 Å². The fraction of sp³-hybridized carbons (Fsp3) is 0.667. The molecule has 0 saturated carbocycles. The Labute approximate surface area is 78.7 Å². The predicted molar refractivity (Wildman–Crippen MR) is 51.0 cm³/mol. The fourth-order valence-electron chi connectivity index (χ4n) is 1.11. The summed E-state index contributed by atoms with van der Waals surface area (Å²) < 4.78 is 7.30. The average molecular weight is 183 g/mol.